The van der Waals surface area contributed by atoms with Crippen molar-refractivity contribution >= 4 is 17.5 Å². The summed E-state index contributed by atoms with van der Waals surface area (Å²) in [4.78, 5) is 14.2. The molecule has 2 heterocycles. The number of carbonyl (C=O) groups excluding carboxylic acids is 1. The highest BCUT2D eigenvalue weighted by Gasteiger charge is 2.31. The first-order valence-electron chi connectivity index (χ1n) is 7.61. The summed E-state index contributed by atoms with van der Waals surface area (Å²) in [5.41, 5.74) is 2.10. The van der Waals surface area contributed by atoms with Gasteiger partial charge in [0, 0.05) is 36.5 Å². The molecule has 2 aliphatic heterocycles. The van der Waals surface area contributed by atoms with Gasteiger partial charge in [0.05, 0.1) is 0 Å². The largest absolute Gasteiger partial charge is 0.454 e. The summed E-state index contributed by atoms with van der Waals surface area (Å²) in [5.74, 6) is 1.76. The number of nitrogens with zero attached hydrogens (tertiary/aromatic N) is 1. The van der Waals surface area contributed by atoms with Gasteiger partial charge in [-0.1, -0.05) is 41.9 Å². The average molecular weight is 330 g/mol. The van der Waals surface area contributed by atoms with Gasteiger partial charge >= 0.3 is 0 Å². The van der Waals surface area contributed by atoms with E-state index in [1.54, 1.807) is 6.07 Å². The van der Waals surface area contributed by atoms with Gasteiger partial charge in [0.15, 0.2) is 11.5 Å². The van der Waals surface area contributed by atoms with Gasteiger partial charge in [0.2, 0.25) is 12.7 Å². The van der Waals surface area contributed by atoms with E-state index in [1.165, 1.54) is 5.56 Å². The van der Waals surface area contributed by atoms with Crippen LogP contribution < -0.4 is 9.47 Å². The molecule has 0 saturated carbocycles. The molecule has 5 heteroatoms. The van der Waals surface area contributed by atoms with Crippen molar-refractivity contribution in [3.8, 4) is 11.5 Å². The molecular weight excluding hydrogens is 314 g/mol. The Morgan fingerprint density at radius 3 is 2.65 bits per heavy atom. The second kappa shape index (κ2) is 5.78. The van der Waals surface area contributed by atoms with Crippen molar-refractivity contribution in [1.82, 2.24) is 4.90 Å². The zero-order chi connectivity index (χ0) is 15.8. The zero-order valence-electron chi connectivity index (χ0n) is 12.5. The van der Waals surface area contributed by atoms with Crippen molar-refractivity contribution < 1.29 is 14.3 Å². The van der Waals surface area contributed by atoms with E-state index in [-0.39, 0.29) is 18.6 Å². The molecule has 2 aromatic rings. The third-order valence-electron chi connectivity index (χ3n) is 4.39. The van der Waals surface area contributed by atoms with E-state index in [2.05, 4.69) is 12.1 Å². The minimum Gasteiger partial charge on any atom is -0.454 e. The van der Waals surface area contributed by atoms with Crippen LogP contribution in [0.15, 0.2) is 42.5 Å². The van der Waals surface area contributed by atoms with Gasteiger partial charge in [0.25, 0.3) is 0 Å². The molecule has 23 heavy (non-hydrogen) atoms. The first-order chi connectivity index (χ1) is 11.2. The molecule has 0 radical (unpaired) electrons. The molecule has 2 aliphatic rings. The monoisotopic (exact) mass is 329 g/mol. The lowest BCUT2D eigenvalue weighted by atomic mass is 9.98. The van der Waals surface area contributed by atoms with Crippen LogP contribution in [0.5, 0.6) is 11.5 Å². The highest BCUT2D eigenvalue weighted by molar-refractivity contribution is 6.31. The number of amides is 1. The van der Waals surface area contributed by atoms with Crippen LogP contribution >= 0.6 is 11.6 Å². The van der Waals surface area contributed by atoms with Crippen LogP contribution in [0, 0.1) is 0 Å². The number of ether oxygens (including phenoxy) is 2. The van der Waals surface area contributed by atoms with Crippen LogP contribution in [0.2, 0.25) is 5.02 Å². The number of carbonyl (C=O) groups is 1. The van der Waals surface area contributed by atoms with Crippen LogP contribution in [-0.2, 0) is 11.3 Å². The maximum Gasteiger partial charge on any atom is 0.231 e. The molecule has 1 fully saturated rings. The van der Waals surface area contributed by atoms with Crippen LogP contribution in [-0.4, -0.2) is 24.1 Å². The van der Waals surface area contributed by atoms with E-state index in [9.17, 15) is 4.79 Å². The van der Waals surface area contributed by atoms with Crippen molar-refractivity contribution in [2.45, 2.75) is 18.9 Å². The van der Waals surface area contributed by atoms with Crippen LogP contribution in [0.1, 0.15) is 23.5 Å². The highest BCUT2D eigenvalue weighted by atomic mass is 35.5. The Kier molecular flexibility index (Phi) is 3.62. The van der Waals surface area contributed by atoms with Crippen molar-refractivity contribution in [2.75, 3.05) is 13.3 Å². The first-order valence-corrected chi connectivity index (χ1v) is 7.99. The van der Waals surface area contributed by atoms with E-state index in [4.69, 9.17) is 21.1 Å². The van der Waals surface area contributed by atoms with Gasteiger partial charge in [-0.15, -0.1) is 0 Å². The molecule has 118 valence electrons. The van der Waals surface area contributed by atoms with E-state index >= 15 is 0 Å². The Hall–Kier alpha value is -2.20. The van der Waals surface area contributed by atoms with Crippen molar-refractivity contribution in [1.29, 1.82) is 0 Å². The van der Waals surface area contributed by atoms with E-state index < -0.39 is 0 Å². The smallest absolute Gasteiger partial charge is 0.231 e. The van der Waals surface area contributed by atoms with Crippen LogP contribution in [0.25, 0.3) is 0 Å². The van der Waals surface area contributed by atoms with Crippen molar-refractivity contribution in [3.05, 3.63) is 58.6 Å². The average Bonchev–Trinajstić information content (AvgIpc) is 3.15. The minimum atomic E-state index is 0.160. The summed E-state index contributed by atoms with van der Waals surface area (Å²) in [6.45, 7) is 1.43. The summed E-state index contributed by atoms with van der Waals surface area (Å²) in [6, 6.07) is 13.8. The number of hydrogen-bond acceptors (Lipinski definition) is 3. The molecule has 0 aliphatic carbocycles. The Bertz CT molecular complexity index is 747. The standard InChI is InChI=1S/C18H16ClNO3/c19-15-8-17-16(22-11-23-17)6-14(15)10-20-9-13(7-18(20)21)12-4-2-1-3-5-12/h1-6,8,13H,7,9-11H2/t13-/m0/s1. The minimum absolute atomic E-state index is 0.160. The van der Waals surface area contributed by atoms with Crippen molar-refractivity contribution in [2.24, 2.45) is 0 Å². The first kappa shape index (κ1) is 14.4. The SMILES string of the molecule is O=C1C[C@H](c2ccccc2)CN1Cc1cc2c(cc1Cl)OCO2. The lowest BCUT2D eigenvalue weighted by molar-refractivity contribution is -0.128. The second-order valence-electron chi connectivity index (χ2n) is 5.88. The molecular formula is C18H16ClNO3. The van der Waals surface area contributed by atoms with E-state index in [0.717, 1.165) is 5.56 Å². The van der Waals surface area contributed by atoms with Gasteiger partial charge in [-0.25, -0.2) is 0 Å². The zero-order valence-corrected chi connectivity index (χ0v) is 13.3. The molecule has 0 spiro atoms. The van der Waals surface area contributed by atoms with Gasteiger partial charge < -0.3 is 14.4 Å². The fourth-order valence-corrected chi connectivity index (χ4v) is 3.37. The van der Waals surface area contributed by atoms with E-state index in [0.29, 0.717) is 36.0 Å². The fraction of sp³-hybridized carbons (Fsp3) is 0.278. The maximum absolute atomic E-state index is 12.3. The number of hydrogen-bond donors (Lipinski definition) is 0. The molecule has 0 unspecified atom stereocenters. The highest BCUT2D eigenvalue weighted by Crippen LogP contribution is 2.38. The van der Waals surface area contributed by atoms with Crippen LogP contribution in [0.4, 0.5) is 0 Å². The normalized spacial score (nSPS) is 19.4. The number of rotatable bonds is 3. The summed E-state index contributed by atoms with van der Waals surface area (Å²) < 4.78 is 10.7. The third kappa shape index (κ3) is 2.75. The Balaban J connectivity index is 1.52. The maximum atomic E-state index is 12.3. The molecule has 0 N–H and O–H groups in total. The molecule has 0 aromatic heterocycles. The summed E-state index contributed by atoms with van der Waals surface area (Å²) in [7, 11) is 0. The molecule has 1 atom stereocenters. The topological polar surface area (TPSA) is 38.8 Å². The summed E-state index contributed by atoms with van der Waals surface area (Å²) in [6.07, 6.45) is 0.548. The van der Waals surface area contributed by atoms with Crippen molar-refractivity contribution in [3.63, 3.8) is 0 Å². The molecule has 1 amide bonds. The van der Waals surface area contributed by atoms with Gasteiger partial charge in [-0.05, 0) is 17.2 Å². The number of halogens is 1. The van der Waals surface area contributed by atoms with Crippen LogP contribution in [0.3, 0.4) is 0 Å². The summed E-state index contributed by atoms with van der Waals surface area (Å²) in [5, 5.41) is 0.602. The Morgan fingerprint density at radius 2 is 1.87 bits per heavy atom. The predicted octanol–water partition coefficient (Wildman–Crippen LogP) is 3.58. The molecule has 4 nitrogen and oxygen atoms in total. The fourth-order valence-electron chi connectivity index (χ4n) is 3.16. The lowest BCUT2D eigenvalue weighted by Gasteiger charge is -2.18. The number of likely N-dealkylation sites (tertiary alicyclic amines) is 1. The third-order valence-corrected chi connectivity index (χ3v) is 4.74. The molecule has 0 bridgehead atoms. The van der Waals surface area contributed by atoms with Gasteiger partial charge in [-0.2, -0.15) is 0 Å². The second-order valence-corrected chi connectivity index (χ2v) is 6.29. The quantitative estimate of drug-likeness (QED) is 0.864. The Labute approximate surface area is 139 Å². The summed E-state index contributed by atoms with van der Waals surface area (Å²) >= 11 is 6.31. The van der Waals surface area contributed by atoms with Gasteiger partial charge in [-0.3, -0.25) is 4.79 Å². The van der Waals surface area contributed by atoms with E-state index in [1.807, 2.05) is 29.2 Å². The Morgan fingerprint density at radius 1 is 1.13 bits per heavy atom. The number of fused-ring (bicyclic) bond motifs is 1. The molecule has 1 saturated heterocycles. The number of benzene rings is 2. The van der Waals surface area contributed by atoms with Gasteiger partial charge in [0.1, 0.15) is 0 Å². The lowest BCUT2D eigenvalue weighted by Crippen LogP contribution is -2.24. The predicted molar refractivity (Wildman–Crippen MR) is 86.8 cm³/mol. The molecule has 4 rings (SSSR count). The molecule has 2 aromatic carbocycles.